The van der Waals surface area contributed by atoms with Crippen LogP contribution in [-0.4, -0.2) is 42.7 Å². The van der Waals surface area contributed by atoms with Gasteiger partial charge in [0.1, 0.15) is 5.75 Å². The van der Waals surface area contributed by atoms with E-state index in [4.69, 9.17) is 14.2 Å². The molecule has 0 saturated heterocycles. The minimum absolute atomic E-state index is 0.0685. The molecule has 2 rings (SSSR count). The van der Waals surface area contributed by atoms with Crippen LogP contribution in [0.5, 0.6) is 5.75 Å². The normalized spacial score (nSPS) is 11.1. The second-order valence-electron chi connectivity index (χ2n) is 6.10. The van der Waals surface area contributed by atoms with E-state index in [2.05, 4.69) is 10.6 Å². The number of non-ortho nitro benzene ring substituents is 1. The summed E-state index contributed by atoms with van der Waals surface area (Å²) in [7, 11) is 1.35. The van der Waals surface area contributed by atoms with Crippen molar-refractivity contribution in [3.63, 3.8) is 0 Å². The Hall–Kier alpha value is -4.15. The van der Waals surface area contributed by atoms with Crippen LogP contribution in [0.25, 0.3) is 0 Å². The number of methoxy groups -OCH3 is 1. The van der Waals surface area contributed by atoms with Gasteiger partial charge in [-0.3, -0.25) is 20.2 Å². The van der Waals surface area contributed by atoms with E-state index in [-0.39, 0.29) is 29.3 Å². The Kier molecular flexibility index (Phi) is 7.89. The highest BCUT2D eigenvalue weighted by Crippen LogP contribution is 2.29. The highest BCUT2D eigenvalue weighted by molar-refractivity contribution is 5.98. The third-order valence-corrected chi connectivity index (χ3v) is 3.95. The quantitative estimate of drug-likeness (QED) is 0.367. The van der Waals surface area contributed by atoms with Gasteiger partial charge >= 0.3 is 12.1 Å². The highest BCUT2D eigenvalue weighted by atomic mass is 16.6. The number of hydrogen-bond donors (Lipinski definition) is 2. The number of nitro benzene ring substituents is 1. The zero-order valence-electron chi connectivity index (χ0n) is 17.0. The number of esters is 1. The summed E-state index contributed by atoms with van der Waals surface area (Å²) in [6, 6.07) is 9.50. The molecule has 11 nitrogen and oxygen atoms in total. The lowest BCUT2D eigenvalue weighted by molar-refractivity contribution is -0.384. The number of nitrogens with one attached hydrogen (secondary N) is 2. The number of carbonyl (C=O) groups is 3. The van der Waals surface area contributed by atoms with Gasteiger partial charge in [0, 0.05) is 17.8 Å². The molecule has 0 aliphatic carbocycles. The molecule has 1 atom stereocenters. The maximum absolute atomic E-state index is 12.4. The third kappa shape index (κ3) is 6.42. The number of benzene rings is 2. The minimum Gasteiger partial charge on any atom is -0.495 e. The summed E-state index contributed by atoms with van der Waals surface area (Å²) in [5, 5.41) is 15.9. The molecule has 0 saturated carbocycles. The molecule has 31 heavy (non-hydrogen) atoms. The average molecular weight is 431 g/mol. The molecule has 0 heterocycles. The Labute approximate surface area is 177 Å². The van der Waals surface area contributed by atoms with Gasteiger partial charge in [0.2, 0.25) is 0 Å². The van der Waals surface area contributed by atoms with E-state index in [0.717, 1.165) is 6.07 Å². The smallest absolute Gasteiger partial charge is 0.411 e. The van der Waals surface area contributed by atoms with Gasteiger partial charge in [-0.2, -0.15) is 0 Å². The summed E-state index contributed by atoms with van der Waals surface area (Å²) in [5.41, 5.74) is 0.400. The molecule has 2 amide bonds. The van der Waals surface area contributed by atoms with Gasteiger partial charge in [-0.05, 0) is 44.2 Å². The number of hydrogen-bond acceptors (Lipinski definition) is 8. The number of carbonyl (C=O) groups excluding carboxylic acids is 3. The molecule has 0 spiro atoms. The summed E-state index contributed by atoms with van der Waals surface area (Å²) in [6.45, 7) is 3.25. The summed E-state index contributed by atoms with van der Waals surface area (Å²) >= 11 is 0. The van der Waals surface area contributed by atoms with Crippen molar-refractivity contribution in [1.29, 1.82) is 0 Å². The fourth-order valence-electron chi connectivity index (χ4n) is 2.40. The van der Waals surface area contributed by atoms with Crippen LogP contribution >= 0.6 is 0 Å². The van der Waals surface area contributed by atoms with Crippen LogP contribution in [0.2, 0.25) is 0 Å². The number of ether oxygens (including phenoxy) is 3. The molecule has 11 heteroatoms. The lowest BCUT2D eigenvalue weighted by Crippen LogP contribution is -2.30. The molecule has 1 unspecified atom stereocenters. The molecular formula is C20H21N3O8. The van der Waals surface area contributed by atoms with Gasteiger partial charge in [0.25, 0.3) is 11.6 Å². The SMILES string of the molecule is CCOC(=O)Nc1ccc(C(=O)OC(C)C(=O)Nc2cc([N+](=O)[O-])ccc2OC)cc1. The lowest BCUT2D eigenvalue weighted by atomic mass is 10.2. The number of anilines is 2. The fraction of sp³-hybridized carbons (Fsp3) is 0.250. The Morgan fingerprint density at radius 2 is 1.77 bits per heavy atom. The second kappa shape index (κ2) is 10.6. The monoisotopic (exact) mass is 431 g/mol. The Morgan fingerprint density at radius 3 is 2.35 bits per heavy atom. The van der Waals surface area contributed by atoms with Crippen molar-refractivity contribution in [2.45, 2.75) is 20.0 Å². The standard InChI is InChI=1S/C20H21N3O8/c1-4-30-20(26)21-14-7-5-13(6-8-14)19(25)31-12(2)18(24)22-16-11-15(23(27)28)9-10-17(16)29-3/h5-12H,4H2,1-3H3,(H,21,26)(H,22,24). The van der Waals surface area contributed by atoms with E-state index in [1.165, 1.54) is 50.4 Å². The van der Waals surface area contributed by atoms with Gasteiger partial charge in [-0.15, -0.1) is 0 Å². The second-order valence-corrected chi connectivity index (χ2v) is 6.10. The third-order valence-electron chi connectivity index (χ3n) is 3.95. The van der Waals surface area contributed by atoms with Gasteiger partial charge in [-0.25, -0.2) is 9.59 Å². The summed E-state index contributed by atoms with van der Waals surface area (Å²) < 4.78 is 15.0. The zero-order chi connectivity index (χ0) is 23.0. The summed E-state index contributed by atoms with van der Waals surface area (Å²) in [5.74, 6) is -1.26. The number of nitrogens with zero attached hydrogens (tertiary/aromatic N) is 1. The van der Waals surface area contributed by atoms with E-state index in [0.29, 0.717) is 5.69 Å². The highest BCUT2D eigenvalue weighted by Gasteiger charge is 2.21. The summed E-state index contributed by atoms with van der Waals surface area (Å²) in [6.07, 6.45) is -1.83. The molecule has 0 bridgehead atoms. The number of amides is 2. The molecule has 0 aromatic heterocycles. The predicted molar refractivity (Wildman–Crippen MR) is 110 cm³/mol. The Bertz CT molecular complexity index is 975. The maximum Gasteiger partial charge on any atom is 0.411 e. The van der Waals surface area contributed by atoms with E-state index >= 15 is 0 Å². The maximum atomic E-state index is 12.4. The van der Waals surface area contributed by atoms with Crippen LogP contribution in [0.3, 0.4) is 0 Å². The van der Waals surface area contributed by atoms with Crippen molar-refractivity contribution < 1.29 is 33.5 Å². The van der Waals surface area contributed by atoms with E-state index in [9.17, 15) is 24.5 Å². The van der Waals surface area contributed by atoms with Crippen LogP contribution in [-0.2, 0) is 14.3 Å². The molecular weight excluding hydrogens is 410 g/mol. The molecule has 2 aromatic rings. The zero-order valence-corrected chi connectivity index (χ0v) is 17.0. The van der Waals surface area contributed by atoms with Crippen LogP contribution in [0.1, 0.15) is 24.2 Å². The lowest BCUT2D eigenvalue weighted by Gasteiger charge is -2.15. The molecule has 0 aliphatic rings. The largest absolute Gasteiger partial charge is 0.495 e. The van der Waals surface area contributed by atoms with Crippen molar-refractivity contribution in [3.8, 4) is 5.75 Å². The van der Waals surface area contributed by atoms with Crippen LogP contribution in [0.15, 0.2) is 42.5 Å². The molecule has 2 N–H and O–H groups in total. The predicted octanol–water partition coefficient (Wildman–Crippen LogP) is 3.36. The number of rotatable bonds is 8. The Balaban J connectivity index is 2.01. The fourth-order valence-corrected chi connectivity index (χ4v) is 2.40. The molecule has 0 radical (unpaired) electrons. The number of nitro groups is 1. The van der Waals surface area contributed by atoms with Gasteiger partial charge in [0.15, 0.2) is 6.10 Å². The minimum atomic E-state index is -1.20. The van der Waals surface area contributed by atoms with Gasteiger partial charge in [0.05, 0.1) is 29.9 Å². The average Bonchev–Trinajstić information content (AvgIpc) is 2.74. The first-order valence-corrected chi connectivity index (χ1v) is 9.13. The molecule has 0 fully saturated rings. The van der Waals surface area contributed by atoms with E-state index < -0.39 is 29.0 Å². The van der Waals surface area contributed by atoms with Crippen molar-refractivity contribution in [2.75, 3.05) is 24.4 Å². The van der Waals surface area contributed by atoms with Crippen molar-refractivity contribution in [2.24, 2.45) is 0 Å². The Morgan fingerprint density at radius 1 is 1.10 bits per heavy atom. The topological polar surface area (TPSA) is 146 Å². The first-order valence-electron chi connectivity index (χ1n) is 9.13. The van der Waals surface area contributed by atoms with Crippen LogP contribution in [0.4, 0.5) is 21.9 Å². The van der Waals surface area contributed by atoms with E-state index in [1.54, 1.807) is 6.92 Å². The first kappa shape index (κ1) is 23.1. The van der Waals surface area contributed by atoms with E-state index in [1.807, 2.05) is 0 Å². The van der Waals surface area contributed by atoms with Crippen molar-refractivity contribution in [1.82, 2.24) is 0 Å². The molecule has 2 aromatic carbocycles. The first-order chi connectivity index (χ1) is 14.7. The van der Waals surface area contributed by atoms with Crippen LogP contribution in [0, 0.1) is 10.1 Å². The van der Waals surface area contributed by atoms with Crippen molar-refractivity contribution >= 4 is 35.0 Å². The van der Waals surface area contributed by atoms with Gasteiger partial charge < -0.3 is 19.5 Å². The molecule has 164 valence electrons. The van der Waals surface area contributed by atoms with Crippen molar-refractivity contribution in [3.05, 3.63) is 58.1 Å². The van der Waals surface area contributed by atoms with Gasteiger partial charge in [-0.1, -0.05) is 0 Å². The summed E-state index contributed by atoms with van der Waals surface area (Å²) in [4.78, 5) is 46.4. The molecule has 0 aliphatic heterocycles. The van der Waals surface area contributed by atoms with Crippen LogP contribution < -0.4 is 15.4 Å².